The third-order valence-electron chi connectivity index (χ3n) is 2.73. The van der Waals surface area contributed by atoms with E-state index in [1.807, 2.05) is 23.1 Å². The van der Waals surface area contributed by atoms with Gasteiger partial charge in [-0.05, 0) is 18.1 Å². The highest BCUT2D eigenvalue weighted by Crippen LogP contribution is 2.00. The topological polar surface area (TPSA) is 64.9 Å². The lowest BCUT2D eigenvalue weighted by Crippen LogP contribution is -2.18. The van der Waals surface area contributed by atoms with Gasteiger partial charge in [-0.3, -0.25) is 9.67 Å². The highest BCUT2D eigenvalue weighted by molar-refractivity contribution is 5.08. The number of pyridine rings is 1. The van der Waals surface area contributed by atoms with E-state index >= 15 is 0 Å². The van der Waals surface area contributed by atoms with E-state index in [0.717, 1.165) is 31.7 Å². The molecule has 19 heavy (non-hydrogen) atoms. The van der Waals surface area contributed by atoms with Gasteiger partial charge in [0.1, 0.15) is 0 Å². The van der Waals surface area contributed by atoms with Crippen molar-refractivity contribution in [1.29, 1.82) is 0 Å². The van der Waals surface area contributed by atoms with Gasteiger partial charge in [-0.15, -0.1) is 5.10 Å². The molecule has 2 aromatic heterocycles. The molecule has 0 aliphatic heterocycles. The molecule has 0 amide bonds. The maximum atomic E-state index is 4.96. The first-order valence-corrected chi connectivity index (χ1v) is 6.36. The Balaban J connectivity index is 1.74. The van der Waals surface area contributed by atoms with Crippen LogP contribution in [0, 0.1) is 0 Å². The first-order chi connectivity index (χ1) is 9.38. The van der Waals surface area contributed by atoms with Crippen molar-refractivity contribution in [3.63, 3.8) is 0 Å². The van der Waals surface area contributed by atoms with Gasteiger partial charge in [-0.1, -0.05) is 11.3 Å². The molecule has 1 N–H and O–H groups in total. The molecule has 0 radical (unpaired) electrons. The van der Waals surface area contributed by atoms with Crippen molar-refractivity contribution in [1.82, 2.24) is 25.3 Å². The van der Waals surface area contributed by atoms with E-state index < -0.39 is 0 Å². The van der Waals surface area contributed by atoms with Crippen molar-refractivity contribution in [3.8, 4) is 0 Å². The molecule has 0 aliphatic rings. The van der Waals surface area contributed by atoms with Crippen LogP contribution in [0.1, 0.15) is 11.3 Å². The summed E-state index contributed by atoms with van der Waals surface area (Å²) in [5, 5.41) is 11.5. The van der Waals surface area contributed by atoms with Gasteiger partial charge in [0.25, 0.3) is 0 Å². The van der Waals surface area contributed by atoms with Crippen molar-refractivity contribution < 1.29 is 4.74 Å². The van der Waals surface area contributed by atoms with E-state index in [1.54, 1.807) is 13.3 Å². The lowest BCUT2D eigenvalue weighted by molar-refractivity contribution is 0.199. The maximum absolute atomic E-state index is 4.96. The fraction of sp³-hybridized carbons (Fsp3) is 0.462. The molecule has 2 aromatic rings. The molecule has 2 rings (SSSR count). The Hall–Kier alpha value is -1.79. The van der Waals surface area contributed by atoms with Crippen LogP contribution >= 0.6 is 0 Å². The number of ether oxygens (including phenoxy) is 1. The predicted molar refractivity (Wildman–Crippen MR) is 71.5 cm³/mol. The van der Waals surface area contributed by atoms with Crippen molar-refractivity contribution >= 4 is 0 Å². The number of methoxy groups -OCH3 is 1. The number of aryl methyl sites for hydroxylation is 2. The smallest absolute Gasteiger partial charge is 0.0964 e. The summed E-state index contributed by atoms with van der Waals surface area (Å²) in [6.07, 6.45) is 6.54. The highest BCUT2D eigenvalue weighted by Gasteiger charge is 2.00. The second kappa shape index (κ2) is 7.60. The number of rotatable bonds is 8. The zero-order valence-corrected chi connectivity index (χ0v) is 11.1. The van der Waals surface area contributed by atoms with Crippen molar-refractivity contribution in [3.05, 3.63) is 42.0 Å². The van der Waals surface area contributed by atoms with Crippen LogP contribution in [0.4, 0.5) is 0 Å². The van der Waals surface area contributed by atoms with Gasteiger partial charge in [-0.25, -0.2) is 0 Å². The summed E-state index contributed by atoms with van der Waals surface area (Å²) in [7, 11) is 1.69. The minimum absolute atomic E-state index is 0.704. The Kier molecular flexibility index (Phi) is 5.46. The lowest BCUT2D eigenvalue weighted by Gasteiger charge is -2.01. The summed E-state index contributed by atoms with van der Waals surface area (Å²) in [4.78, 5) is 4.09. The molecule has 0 bridgehead atoms. The van der Waals surface area contributed by atoms with Crippen LogP contribution in [0.5, 0.6) is 0 Å². The van der Waals surface area contributed by atoms with E-state index in [2.05, 4.69) is 26.7 Å². The fourth-order valence-electron chi connectivity index (χ4n) is 1.71. The largest absolute Gasteiger partial charge is 0.383 e. The Morgan fingerprint density at radius 2 is 2.37 bits per heavy atom. The Labute approximate surface area is 112 Å². The van der Waals surface area contributed by atoms with Crippen LogP contribution in [0.25, 0.3) is 0 Å². The van der Waals surface area contributed by atoms with Crippen LogP contribution in [-0.4, -0.2) is 40.2 Å². The Bertz CT molecular complexity index is 471. The number of hydrogen-bond acceptors (Lipinski definition) is 5. The number of nitrogens with zero attached hydrogens (tertiary/aromatic N) is 4. The molecule has 0 unspecified atom stereocenters. The summed E-state index contributed by atoms with van der Waals surface area (Å²) in [6.45, 7) is 3.06. The molecule has 0 aromatic carbocycles. The van der Waals surface area contributed by atoms with Gasteiger partial charge in [0.05, 0.1) is 12.3 Å². The Morgan fingerprint density at radius 1 is 1.42 bits per heavy atom. The van der Waals surface area contributed by atoms with Crippen LogP contribution in [0.2, 0.25) is 0 Å². The van der Waals surface area contributed by atoms with Crippen LogP contribution in [0.3, 0.4) is 0 Å². The molecule has 0 spiro atoms. The molecular formula is C13H19N5O. The minimum Gasteiger partial charge on any atom is -0.383 e. The average Bonchev–Trinajstić information content (AvgIpc) is 2.91. The van der Waals surface area contributed by atoms with Crippen molar-refractivity contribution in [2.45, 2.75) is 19.5 Å². The van der Waals surface area contributed by atoms with Crippen LogP contribution in [-0.2, 0) is 24.2 Å². The number of aromatic nitrogens is 4. The van der Waals surface area contributed by atoms with E-state index in [9.17, 15) is 0 Å². The molecule has 0 fully saturated rings. The summed E-state index contributed by atoms with van der Waals surface area (Å²) in [6, 6.07) is 4.01. The third-order valence-corrected chi connectivity index (χ3v) is 2.73. The van der Waals surface area contributed by atoms with Crippen LogP contribution < -0.4 is 5.32 Å². The van der Waals surface area contributed by atoms with Gasteiger partial charge in [0, 0.05) is 45.3 Å². The van der Waals surface area contributed by atoms with E-state index in [4.69, 9.17) is 4.74 Å². The molecule has 2 heterocycles. The summed E-state index contributed by atoms with van der Waals surface area (Å²) >= 11 is 0. The van der Waals surface area contributed by atoms with E-state index in [1.165, 1.54) is 5.56 Å². The monoisotopic (exact) mass is 261 g/mol. The normalized spacial score (nSPS) is 10.8. The molecular weight excluding hydrogens is 242 g/mol. The second-order valence-electron chi connectivity index (χ2n) is 4.25. The first kappa shape index (κ1) is 13.6. The van der Waals surface area contributed by atoms with E-state index in [0.29, 0.717) is 6.61 Å². The molecule has 0 atom stereocenters. The summed E-state index contributed by atoms with van der Waals surface area (Å²) in [5.41, 5.74) is 2.15. The SMILES string of the molecule is COCCNCc1cn(CCc2cccnc2)nn1. The number of nitrogens with one attached hydrogen (secondary N) is 1. The highest BCUT2D eigenvalue weighted by atomic mass is 16.5. The van der Waals surface area contributed by atoms with Gasteiger partial charge >= 0.3 is 0 Å². The quantitative estimate of drug-likeness (QED) is 0.707. The Morgan fingerprint density at radius 3 is 3.16 bits per heavy atom. The molecule has 6 heteroatoms. The summed E-state index contributed by atoms with van der Waals surface area (Å²) in [5.74, 6) is 0. The molecule has 102 valence electrons. The van der Waals surface area contributed by atoms with Gasteiger partial charge in [-0.2, -0.15) is 0 Å². The zero-order valence-electron chi connectivity index (χ0n) is 11.1. The lowest BCUT2D eigenvalue weighted by atomic mass is 10.2. The zero-order chi connectivity index (χ0) is 13.3. The fourth-order valence-corrected chi connectivity index (χ4v) is 1.71. The maximum Gasteiger partial charge on any atom is 0.0964 e. The predicted octanol–water partition coefficient (Wildman–Crippen LogP) is 0.652. The van der Waals surface area contributed by atoms with Gasteiger partial charge in [0.2, 0.25) is 0 Å². The third kappa shape index (κ3) is 4.76. The van der Waals surface area contributed by atoms with Gasteiger partial charge in [0.15, 0.2) is 0 Å². The van der Waals surface area contributed by atoms with Gasteiger partial charge < -0.3 is 10.1 Å². The first-order valence-electron chi connectivity index (χ1n) is 6.36. The standard InChI is InChI=1S/C13H19N5O/c1-19-8-6-15-10-13-11-18(17-16-13)7-4-12-3-2-5-14-9-12/h2-3,5,9,11,15H,4,6-8,10H2,1H3. The molecule has 0 aliphatic carbocycles. The average molecular weight is 261 g/mol. The molecule has 6 nitrogen and oxygen atoms in total. The second-order valence-corrected chi connectivity index (χ2v) is 4.25. The van der Waals surface area contributed by atoms with Crippen molar-refractivity contribution in [2.75, 3.05) is 20.3 Å². The number of hydrogen-bond donors (Lipinski definition) is 1. The molecule has 0 saturated heterocycles. The summed E-state index contributed by atoms with van der Waals surface area (Å²) < 4.78 is 6.82. The van der Waals surface area contributed by atoms with Crippen LogP contribution in [0.15, 0.2) is 30.7 Å². The molecule has 0 saturated carbocycles. The van der Waals surface area contributed by atoms with Crippen molar-refractivity contribution in [2.24, 2.45) is 0 Å². The minimum atomic E-state index is 0.704. The van der Waals surface area contributed by atoms with E-state index in [-0.39, 0.29) is 0 Å².